The number of nitrogens with one attached hydrogen (secondary N) is 1. The lowest BCUT2D eigenvalue weighted by atomic mass is 9.86. The van der Waals surface area contributed by atoms with Crippen LogP contribution in [0.15, 0.2) is 16.7 Å². The van der Waals surface area contributed by atoms with Crippen LogP contribution in [0.5, 0.6) is 0 Å². The molecule has 1 saturated carbocycles. The zero-order chi connectivity index (χ0) is 16.9. The molecule has 2 heterocycles. The molecule has 2 atom stereocenters. The molecule has 0 bridgehead atoms. The van der Waals surface area contributed by atoms with Gasteiger partial charge in [-0.1, -0.05) is 6.42 Å². The molecule has 1 aromatic heterocycles. The van der Waals surface area contributed by atoms with E-state index >= 15 is 0 Å². The van der Waals surface area contributed by atoms with Crippen molar-refractivity contribution in [3.05, 3.63) is 22.3 Å². The Morgan fingerprint density at radius 3 is 2.92 bits per heavy atom. The van der Waals surface area contributed by atoms with E-state index in [4.69, 9.17) is 4.74 Å². The van der Waals surface area contributed by atoms with Gasteiger partial charge in [0, 0.05) is 25.7 Å². The first kappa shape index (κ1) is 17.6. The summed E-state index contributed by atoms with van der Waals surface area (Å²) in [5.74, 6) is -0.100. The zero-order valence-electron chi connectivity index (χ0n) is 13.7. The molecule has 24 heavy (non-hydrogen) atoms. The molecule has 0 spiro atoms. The van der Waals surface area contributed by atoms with Gasteiger partial charge in [0.15, 0.2) is 0 Å². The van der Waals surface area contributed by atoms with Crippen molar-refractivity contribution in [2.75, 3.05) is 31.6 Å². The maximum atomic E-state index is 11.2. The molecule has 3 rings (SSSR count). The predicted molar refractivity (Wildman–Crippen MR) is 95.0 cm³/mol. The summed E-state index contributed by atoms with van der Waals surface area (Å²) in [5, 5.41) is 12.7. The fourth-order valence-electron chi connectivity index (χ4n) is 3.49. The highest BCUT2D eigenvalue weighted by molar-refractivity contribution is 9.10. The van der Waals surface area contributed by atoms with Crippen molar-refractivity contribution in [1.29, 1.82) is 0 Å². The molecule has 6 nitrogen and oxygen atoms in total. The third-order valence-corrected chi connectivity index (χ3v) is 5.15. The van der Waals surface area contributed by atoms with E-state index in [1.54, 1.807) is 0 Å². The van der Waals surface area contributed by atoms with E-state index in [-0.39, 0.29) is 12.0 Å². The Bertz CT molecular complexity index is 578. The summed E-state index contributed by atoms with van der Waals surface area (Å²) in [6.45, 7) is 4.35. The summed E-state index contributed by atoms with van der Waals surface area (Å²) in [6, 6.07) is 4.30. The molecule has 2 N–H and O–H groups in total. The fourth-order valence-corrected chi connectivity index (χ4v) is 3.97. The molecule has 1 aliphatic heterocycles. The number of hydrogen-bond acceptors (Lipinski definition) is 5. The number of morpholine rings is 1. The predicted octanol–water partition coefficient (Wildman–Crippen LogP) is 2.73. The SMILES string of the molecule is O=C(O)C1CCC[C@H](Nc2cc(CN3CCOCC3)cc(Br)n2)C1. The van der Waals surface area contributed by atoms with Gasteiger partial charge >= 0.3 is 5.97 Å². The summed E-state index contributed by atoms with van der Waals surface area (Å²) in [7, 11) is 0. The molecule has 0 aromatic carbocycles. The van der Waals surface area contributed by atoms with Crippen LogP contribution in [0.2, 0.25) is 0 Å². The number of ether oxygens (including phenoxy) is 1. The minimum absolute atomic E-state index is 0.179. The van der Waals surface area contributed by atoms with Crippen molar-refractivity contribution in [2.24, 2.45) is 5.92 Å². The number of halogens is 1. The van der Waals surface area contributed by atoms with Gasteiger partial charge in [0.25, 0.3) is 0 Å². The molecule has 7 heteroatoms. The molecule has 1 saturated heterocycles. The van der Waals surface area contributed by atoms with Gasteiger partial charge in [-0.15, -0.1) is 0 Å². The number of aromatic nitrogens is 1. The Kier molecular flexibility index (Phi) is 6.08. The quantitative estimate of drug-likeness (QED) is 0.743. The van der Waals surface area contributed by atoms with Gasteiger partial charge in [-0.25, -0.2) is 4.98 Å². The van der Waals surface area contributed by atoms with E-state index in [0.717, 1.165) is 62.5 Å². The van der Waals surface area contributed by atoms with E-state index < -0.39 is 5.97 Å². The molecule has 1 aliphatic carbocycles. The highest BCUT2D eigenvalue weighted by atomic mass is 79.9. The normalized spacial score (nSPS) is 25.4. The molecular weight excluding hydrogens is 374 g/mol. The highest BCUT2D eigenvalue weighted by Crippen LogP contribution is 2.27. The second-order valence-electron chi connectivity index (χ2n) is 6.61. The minimum atomic E-state index is -0.684. The average Bonchev–Trinajstić information content (AvgIpc) is 2.55. The van der Waals surface area contributed by atoms with Crippen LogP contribution in [0.25, 0.3) is 0 Å². The largest absolute Gasteiger partial charge is 0.481 e. The van der Waals surface area contributed by atoms with Crippen molar-refractivity contribution in [3.63, 3.8) is 0 Å². The van der Waals surface area contributed by atoms with E-state index in [2.05, 4.69) is 37.2 Å². The Labute approximate surface area is 150 Å². The van der Waals surface area contributed by atoms with Crippen LogP contribution < -0.4 is 5.32 Å². The molecule has 1 unspecified atom stereocenters. The maximum absolute atomic E-state index is 11.2. The van der Waals surface area contributed by atoms with Crippen molar-refractivity contribution in [1.82, 2.24) is 9.88 Å². The van der Waals surface area contributed by atoms with Gasteiger partial charge in [-0.3, -0.25) is 9.69 Å². The lowest BCUT2D eigenvalue weighted by Crippen LogP contribution is -2.35. The summed E-state index contributed by atoms with van der Waals surface area (Å²) in [4.78, 5) is 18.1. The van der Waals surface area contributed by atoms with E-state index in [1.807, 2.05) is 6.07 Å². The maximum Gasteiger partial charge on any atom is 0.306 e. The Balaban J connectivity index is 1.63. The summed E-state index contributed by atoms with van der Waals surface area (Å²) in [5.41, 5.74) is 1.20. The van der Waals surface area contributed by atoms with Gasteiger partial charge in [0.05, 0.1) is 19.1 Å². The van der Waals surface area contributed by atoms with Crippen LogP contribution in [0, 0.1) is 5.92 Å². The van der Waals surface area contributed by atoms with Crippen LogP contribution in [0.3, 0.4) is 0 Å². The topological polar surface area (TPSA) is 74.7 Å². The van der Waals surface area contributed by atoms with Gasteiger partial charge < -0.3 is 15.2 Å². The first-order valence-electron chi connectivity index (χ1n) is 8.56. The second kappa shape index (κ2) is 8.27. The molecule has 132 valence electrons. The van der Waals surface area contributed by atoms with E-state index in [9.17, 15) is 9.90 Å². The number of carbonyl (C=O) groups is 1. The van der Waals surface area contributed by atoms with Gasteiger partial charge in [-0.2, -0.15) is 0 Å². The summed E-state index contributed by atoms with van der Waals surface area (Å²) >= 11 is 3.49. The van der Waals surface area contributed by atoms with Crippen LogP contribution in [0.1, 0.15) is 31.2 Å². The van der Waals surface area contributed by atoms with Gasteiger partial charge in [-0.05, 0) is 52.9 Å². The second-order valence-corrected chi connectivity index (χ2v) is 7.43. The van der Waals surface area contributed by atoms with Crippen molar-refractivity contribution >= 4 is 27.7 Å². The Hall–Kier alpha value is -1.18. The lowest BCUT2D eigenvalue weighted by molar-refractivity contribution is -0.142. The van der Waals surface area contributed by atoms with Crippen LogP contribution in [-0.2, 0) is 16.1 Å². The molecular formula is C17H24BrN3O3. The van der Waals surface area contributed by atoms with Crippen LogP contribution >= 0.6 is 15.9 Å². The van der Waals surface area contributed by atoms with Crippen molar-refractivity contribution < 1.29 is 14.6 Å². The number of carboxylic acids is 1. The number of carboxylic acid groups (broad SMARTS) is 1. The summed E-state index contributed by atoms with van der Waals surface area (Å²) in [6.07, 6.45) is 3.39. The molecule has 2 fully saturated rings. The number of rotatable bonds is 5. The number of anilines is 1. The third kappa shape index (κ3) is 4.91. The first-order valence-corrected chi connectivity index (χ1v) is 9.35. The number of nitrogens with zero attached hydrogens (tertiary/aromatic N) is 2. The van der Waals surface area contributed by atoms with Crippen molar-refractivity contribution in [3.8, 4) is 0 Å². The molecule has 2 aliphatic rings. The highest BCUT2D eigenvalue weighted by Gasteiger charge is 2.27. The monoisotopic (exact) mass is 397 g/mol. The Morgan fingerprint density at radius 2 is 2.17 bits per heavy atom. The molecule has 1 aromatic rings. The standard InChI is InChI=1S/C17H24BrN3O3/c18-15-8-12(11-21-4-6-24-7-5-21)9-16(20-15)19-14-3-1-2-13(10-14)17(22)23/h8-9,13-14H,1-7,10-11H2,(H,19,20)(H,22,23)/t13?,14-/m0/s1. The van der Waals surface area contributed by atoms with Gasteiger partial charge in [0.2, 0.25) is 0 Å². The fraction of sp³-hybridized carbons (Fsp3) is 0.647. The first-order chi connectivity index (χ1) is 11.6. The van der Waals surface area contributed by atoms with Gasteiger partial charge in [0.1, 0.15) is 10.4 Å². The lowest BCUT2D eigenvalue weighted by Gasteiger charge is -2.28. The van der Waals surface area contributed by atoms with Crippen LogP contribution in [0.4, 0.5) is 5.82 Å². The smallest absolute Gasteiger partial charge is 0.306 e. The number of hydrogen-bond donors (Lipinski definition) is 2. The zero-order valence-corrected chi connectivity index (χ0v) is 15.3. The number of aliphatic carboxylic acids is 1. The van der Waals surface area contributed by atoms with E-state index in [0.29, 0.717) is 6.42 Å². The van der Waals surface area contributed by atoms with Crippen molar-refractivity contribution in [2.45, 2.75) is 38.3 Å². The minimum Gasteiger partial charge on any atom is -0.481 e. The van der Waals surface area contributed by atoms with Crippen LogP contribution in [-0.4, -0.2) is 53.3 Å². The summed E-state index contributed by atoms with van der Waals surface area (Å²) < 4.78 is 6.20. The third-order valence-electron chi connectivity index (χ3n) is 4.74. The molecule has 0 radical (unpaired) electrons. The van der Waals surface area contributed by atoms with E-state index in [1.165, 1.54) is 5.56 Å². The molecule has 0 amide bonds. The Morgan fingerprint density at radius 1 is 1.38 bits per heavy atom. The average molecular weight is 398 g/mol. The number of pyridine rings is 1.